The topological polar surface area (TPSA) is 150 Å². The number of epoxide rings is 1. The molecule has 266 valence electrons. The van der Waals surface area contributed by atoms with Gasteiger partial charge in [0.1, 0.15) is 18.4 Å². The predicted molar refractivity (Wildman–Crippen MR) is 194 cm³/mol. The number of hydrogen-bond acceptors (Lipinski definition) is 8. The number of ether oxygens (including phenoxy) is 2. The number of allylic oxidation sites excluding steroid dienone is 2. The Morgan fingerprint density at radius 3 is 2.25 bits per heavy atom. The van der Waals surface area contributed by atoms with Gasteiger partial charge in [-0.15, -0.1) is 0 Å². The molecule has 2 aliphatic heterocycles. The number of benzene rings is 2. The van der Waals surface area contributed by atoms with Crippen LogP contribution in [0, 0.1) is 0 Å². The zero-order valence-electron chi connectivity index (χ0n) is 29.8. The van der Waals surface area contributed by atoms with E-state index in [0.29, 0.717) is 24.8 Å². The van der Waals surface area contributed by atoms with Crippen LogP contribution in [0.5, 0.6) is 0 Å². The van der Waals surface area contributed by atoms with Crippen molar-refractivity contribution in [2.45, 2.75) is 110 Å². The molecule has 2 saturated heterocycles. The Morgan fingerprint density at radius 2 is 1.71 bits per heavy atom. The SMILES string of the molecule is C/C=C(\N)NCCCCC(=O)Nc1ccc(CC(C=C2CCC2)NC(=O)C2NC(C)OC2C)cc1.CC.CO.c1ccc(C2CO2)cc1. The number of nitrogens with one attached hydrogen (secondary N) is 4. The van der Waals surface area contributed by atoms with E-state index in [9.17, 15) is 9.59 Å². The molecule has 10 heteroatoms. The Bertz CT molecular complexity index is 1260. The van der Waals surface area contributed by atoms with Gasteiger partial charge in [0.15, 0.2) is 0 Å². The first-order valence-corrected chi connectivity index (χ1v) is 17.4. The van der Waals surface area contributed by atoms with E-state index in [1.807, 2.05) is 83.2 Å². The van der Waals surface area contributed by atoms with Gasteiger partial charge < -0.3 is 36.3 Å². The maximum Gasteiger partial charge on any atom is 0.240 e. The number of unbranched alkanes of at least 4 members (excludes halogenated alkanes) is 1. The first-order chi connectivity index (χ1) is 23.3. The fourth-order valence-corrected chi connectivity index (χ4v) is 5.23. The molecule has 5 atom stereocenters. The average Bonchev–Trinajstić information content (AvgIpc) is 3.88. The molecule has 2 aromatic rings. The van der Waals surface area contributed by atoms with Gasteiger partial charge in [0.05, 0.1) is 24.6 Å². The van der Waals surface area contributed by atoms with E-state index >= 15 is 0 Å². The van der Waals surface area contributed by atoms with Gasteiger partial charge in [-0.25, -0.2) is 0 Å². The van der Waals surface area contributed by atoms with Crippen LogP contribution < -0.4 is 27.0 Å². The predicted octanol–water partition coefficient (Wildman–Crippen LogP) is 5.46. The second-order valence-electron chi connectivity index (χ2n) is 11.7. The standard InChI is InChI=1S/C27H41N5O3.C8H8O.C2H6.CH4O/c1-4-24(28)29-15-6-5-10-25(33)31-22-13-11-21(12-14-22)17-23(16-20-8-7-9-20)32-27(34)26-18(2)35-19(3)30-26;1-2-4-7(5-3-1)8-6-9-8;2*1-2/h4,11-14,16,18-19,23,26,29-30H,5-10,15,17,28H2,1-3H3,(H,31,33)(H,32,34);1-5,8H,6H2;1-2H3;2H,1H3/b24-4+;;;. The molecule has 10 nitrogen and oxygen atoms in total. The number of anilines is 1. The van der Waals surface area contributed by atoms with Crippen molar-refractivity contribution in [3.05, 3.63) is 89.3 Å². The first kappa shape index (κ1) is 40.5. The molecule has 1 saturated carbocycles. The van der Waals surface area contributed by atoms with Crippen molar-refractivity contribution in [2.24, 2.45) is 5.73 Å². The summed E-state index contributed by atoms with van der Waals surface area (Å²) in [6, 6.07) is 17.7. The largest absolute Gasteiger partial charge is 0.400 e. The summed E-state index contributed by atoms with van der Waals surface area (Å²) < 4.78 is 10.8. The van der Waals surface area contributed by atoms with E-state index in [-0.39, 0.29) is 36.2 Å². The van der Waals surface area contributed by atoms with Gasteiger partial charge in [0.2, 0.25) is 11.8 Å². The van der Waals surface area contributed by atoms with Gasteiger partial charge in [-0.3, -0.25) is 14.9 Å². The minimum atomic E-state index is -0.346. The highest BCUT2D eigenvalue weighted by Gasteiger charge is 2.35. The lowest BCUT2D eigenvalue weighted by Gasteiger charge is -2.24. The number of nitrogens with two attached hydrogens (primary N) is 1. The lowest BCUT2D eigenvalue weighted by molar-refractivity contribution is -0.124. The number of carbonyl (C=O) groups excluding carboxylic acids is 2. The number of rotatable bonds is 13. The molecule has 5 unspecified atom stereocenters. The van der Waals surface area contributed by atoms with Crippen molar-refractivity contribution in [3.63, 3.8) is 0 Å². The van der Waals surface area contributed by atoms with E-state index in [4.69, 9.17) is 20.3 Å². The van der Waals surface area contributed by atoms with Gasteiger partial charge in [0, 0.05) is 25.8 Å². The minimum Gasteiger partial charge on any atom is -0.400 e. The van der Waals surface area contributed by atoms with Crippen molar-refractivity contribution in [2.75, 3.05) is 25.6 Å². The van der Waals surface area contributed by atoms with Crippen molar-refractivity contribution in [1.29, 1.82) is 0 Å². The summed E-state index contributed by atoms with van der Waals surface area (Å²) in [5, 5.41) is 19.5. The van der Waals surface area contributed by atoms with Crippen LogP contribution in [0.15, 0.2) is 78.1 Å². The van der Waals surface area contributed by atoms with Crippen LogP contribution in [0.25, 0.3) is 0 Å². The summed E-state index contributed by atoms with van der Waals surface area (Å²) in [6.45, 7) is 11.4. The zero-order chi connectivity index (χ0) is 35.3. The maximum absolute atomic E-state index is 12.9. The third-order valence-electron chi connectivity index (χ3n) is 8.01. The van der Waals surface area contributed by atoms with E-state index in [2.05, 4.69) is 39.5 Å². The number of hydrogen-bond donors (Lipinski definition) is 6. The van der Waals surface area contributed by atoms with E-state index in [1.54, 1.807) is 0 Å². The Labute approximate surface area is 287 Å². The van der Waals surface area contributed by atoms with Crippen molar-refractivity contribution >= 4 is 17.5 Å². The number of carbonyl (C=O) groups is 2. The summed E-state index contributed by atoms with van der Waals surface area (Å²) in [7, 11) is 1.00. The van der Waals surface area contributed by atoms with Gasteiger partial charge >= 0.3 is 0 Å². The highest BCUT2D eigenvalue weighted by molar-refractivity contribution is 5.90. The van der Waals surface area contributed by atoms with E-state index < -0.39 is 0 Å². The van der Waals surface area contributed by atoms with Gasteiger partial charge in [-0.1, -0.05) is 68.0 Å². The molecule has 0 spiro atoms. The monoisotopic (exact) mass is 665 g/mol. The van der Waals surface area contributed by atoms with Crippen LogP contribution in [-0.4, -0.2) is 61.6 Å². The van der Waals surface area contributed by atoms with E-state index in [0.717, 1.165) is 57.2 Å². The van der Waals surface area contributed by atoms with Crippen molar-refractivity contribution in [1.82, 2.24) is 16.0 Å². The van der Waals surface area contributed by atoms with Crippen LogP contribution in [0.1, 0.15) is 90.4 Å². The molecule has 7 N–H and O–H groups in total. The molecular formula is C38H59N5O5. The highest BCUT2D eigenvalue weighted by atomic mass is 16.6. The summed E-state index contributed by atoms with van der Waals surface area (Å²) in [5.74, 6) is 0.635. The van der Waals surface area contributed by atoms with E-state index in [1.165, 1.54) is 17.6 Å². The lowest BCUT2D eigenvalue weighted by Crippen LogP contribution is -2.49. The normalized spacial score (nSPS) is 21.3. The zero-order valence-corrected chi connectivity index (χ0v) is 29.8. The molecule has 2 aromatic carbocycles. The second-order valence-corrected chi connectivity index (χ2v) is 11.7. The molecule has 48 heavy (non-hydrogen) atoms. The second kappa shape index (κ2) is 22.8. The average molecular weight is 666 g/mol. The molecular weight excluding hydrogens is 606 g/mol. The van der Waals surface area contributed by atoms with Crippen LogP contribution in [0.2, 0.25) is 0 Å². The van der Waals surface area contributed by atoms with Gasteiger partial charge in [-0.2, -0.15) is 0 Å². The van der Waals surface area contributed by atoms with Crippen LogP contribution in [0.4, 0.5) is 5.69 Å². The third kappa shape index (κ3) is 15.0. The molecule has 0 aromatic heterocycles. The Hall–Kier alpha value is -3.70. The van der Waals surface area contributed by atoms with Gasteiger partial charge in [-0.05, 0) is 88.6 Å². The number of aliphatic hydroxyl groups excluding tert-OH is 1. The maximum atomic E-state index is 12.9. The quantitative estimate of drug-likeness (QED) is 0.0939. The fraction of sp³-hybridized carbons (Fsp3) is 0.526. The summed E-state index contributed by atoms with van der Waals surface area (Å²) >= 11 is 0. The smallest absolute Gasteiger partial charge is 0.240 e. The minimum absolute atomic E-state index is 0.00578. The molecule has 5 rings (SSSR count). The number of amides is 2. The molecule has 3 fully saturated rings. The third-order valence-corrected chi connectivity index (χ3v) is 8.01. The Kier molecular flexibility index (Phi) is 19.2. The molecule has 0 bridgehead atoms. The van der Waals surface area contributed by atoms with Crippen molar-refractivity contribution < 1.29 is 24.2 Å². The van der Waals surface area contributed by atoms with Crippen LogP contribution >= 0.6 is 0 Å². The molecule has 3 aliphatic rings. The van der Waals surface area contributed by atoms with Crippen LogP contribution in [0.3, 0.4) is 0 Å². The van der Waals surface area contributed by atoms with Crippen molar-refractivity contribution in [3.8, 4) is 0 Å². The summed E-state index contributed by atoms with van der Waals surface area (Å²) in [4.78, 5) is 25.1. The molecule has 0 radical (unpaired) electrons. The Morgan fingerprint density at radius 1 is 1.04 bits per heavy atom. The fourth-order valence-electron chi connectivity index (χ4n) is 5.23. The molecule has 1 aliphatic carbocycles. The first-order valence-electron chi connectivity index (χ1n) is 17.4. The highest BCUT2D eigenvalue weighted by Crippen LogP contribution is 2.29. The summed E-state index contributed by atoms with van der Waals surface area (Å²) in [5.41, 5.74) is 10.3. The lowest BCUT2D eigenvalue weighted by atomic mass is 9.89. The molecule has 2 amide bonds. The summed E-state index contributed by atoms with van der Waals surface area (Å²) in [6.07, 6.45) is 10.4. The number of aliphatic hydroxyl groups is 1. The van der Waals surface area contributed by atoms with Gasteiger partial charge in [0.25, 0.3) is 0 Å². The molecule has 2 heterocycles. The Balaban J connectivity index is 0.000000514. The van der Waals surface area contributed by atoms with Crippen LogP contribution in [-0.2, 0) is 25.5 Å².